The predicted octanol–water partition coefficient (Wildman–Crippen LogP) is 3.74. The van der Waals surface area contributed by atoms with Crippen LogP contribution < -0.4 is 25.0 Å². The number of hydrazone groups is 1. The molecule has 8 nitrogen and oxygen atoms in total. The Balaban J connectivity index is 1.51. The first kappa shape index (κ1) is 22.6. The molecule has 0 atom stereocenters. The highest BCUT2D eigenvalue weighted by Crippen LogP contribution is 2.33. The molecular weight excluding hydrogens is 434 g/mol. The van der Waals surface area contributed by atoms with Crippen LogP contribution >= 0.6 is 0 Å². The largest absolute Gasteiger partial charge is 0.494 e. The summed E-state index contributed by atoms with van der Waals surface area (Å²) in [6.07, 6.45) is 3.05. The van der Waals surface area contributed by atoms with Crippen LogP contribution in [-0.4, -0.2) is 31.4 Å². The summed E-state index contributed by atoms with van der Waals surface area (Å²) < 4.78 is 16.1. The molecule has 34 heavy (non-hydrogen) atoms. The van der Waals surface area contributed by atoms with Crippen molar-refractivity contribution < 1.29 is 23.8 Å². The molecule has 1 aliphatic heterocycles. The Morgan fingerprint density at radius 3 is 2.47 bits per heavy atom. The molecule has 1 aliphatic rings. The average Bonchev–Trinajstić information content (AvgIpc) is 3.33. The zero-order valence-corrected chi connectivity index (χ0v) is 18.5. The number of amides is 2. The number of nitrogens with one attached hydrogen (secondary N) is 2. The number of carbonyl (C=O) groups is 2. The standard InChI is InChI=1S/C26H23N3O5/c1-2-32-21-11-8-18(9-12-21)16-27-29-26(31)22(28-25(30)20-6-4-3-5-7-20)14-19-10-13-23-24(15-19)34-17-33-23/h3-16H,2,17H2,1H3,(H,28,30)(H,29,31)/b22-14+,27-16-. The van der Waals surface area contributed by atoms with E-state index in [9.17, 15) is 9.59 Å². The number of carbonyl (C=O) groups excluding carboxylic acids is 2. The lowest BCUT2D eigenvalue weighted by Gasteiger charge is -2.09. The van der Waals surface area contributed by atoms with Crippen molar-refractivity contribution in [3.8, 4) is 17.2 Å². The highest BCUT2D eigenvalue weighted by atomic mass is 16.7. The number of fused-ring (bicyclic) bond motifs is 1. The molecule has 8 heteroatoms. The van der Waals surface area contributed by atoms with Gasteiger partial charge in [-0.25, -0.2) is 5.43 Å². The first-order valence-electron chi connectivity index (χ1n) is 10.7. The Bertz CT molecular complexity index is 1220. The van der Waals surface area contributed by atoms with E-state index in [-0.39, 0.29) is 12.5 Å². The summed E-state index contributed by atoms with van der Waals surface area (Å²) in [4.78, 5) is 25.6. The maximum Gasteiger partial charge on any atom is 0.287 e. The fourth-order valence-electron chi connectivity index (χ4n) is 3.15. The van der Waals surface area contributed by atoms with Crippen LogP contribution in [-0.2, 0) is 4.79 Å². The number of nitrogens with zero attached hydrogens (tertiary/aromatic N) is 1. The molecule has 3 aromatic rings. The Morgan fingerprint density at radius 1 is 0.971 bits per heavy atom. The Hall–Kier alpha value is -4.59. The second-order valence-electron chi connectivity index (χ2n) is 7.19. The van der Waals surface area contributed by atoms with Crippen LogP contribution in [0.3, 0.4) is 0 Å². The molecule has 1 heterocycles. The topological polar surface area (TPSA) is 98.2 Å². The lowest BCUT2D eigenvalue weighted by molar-refractivity contribution is -0.117. The molecule has 2 amide bonds. The van der Waals surface area contributed by atoms with Gasteiger partial charge in [0.2, 0.25) is 6.79 Å². The van der Waals surface area contributed by atoms with E-state index in [0.29, 0.717) is 29.2 Å². The van der Waals surface area contributed by atoms with Gasteiger partial charge in [-0.15, -0.1) is 0 Å². The van der Waals surface area contributed by atoms with Gasteiger partial charge < -0.3 is 19.5 Å². The van der Waals surface area contributed by atoms with Crippen molar-refractivity contribution >= 4 is 24.1 Å². The summed E-state index contributed by atoms with van der Waals surface area (Å²) >= 11 is 0. The van der Waals surface area contributed by atoms with Gasteiger partial charge >= 0.3 is 0 Å². The van der Waals surface area contributed by atoms with Gasteiger partial charge in [0, 0.05) is 5.56 Å². The van der Waals surface area contributed by atoms with E-state index in [2.05, 4.69) is 15.8 Å². The molecule has 2 N–H and O–H groups in total. The summed E-state index contributed by atoms with van der Waals surface area (Å²) in [5, 5.41) is 6.68. The molecule has 4 rings (SSSR count). The van der Waals surface area contributed by atoms with E-state index >= 15 is 0 Å². The summed E-state index contributed by atoms with van der Waals surface area (Å²) in [7, 11) is 0. The molecule has 3 aromatic carbocycles. The van der Waals surface area contributed by atoms with Crippen molar-refractivity contribution in [1.82, 2.24) is 10.7 Å². The molecule has 0 aromatic heterocycles. The molecule has 0 radical (unpaired) electrons. The third-order valence-corrected chi connectivity index (χ3v) is 4.81. The Labute approximate surface area is 196 Å². The van der Waals surface area contributed by atoms with Gasteiger partial charge in [-0.2, -0.15) is 5.10 Å². The number of rotatable bonds is 8. The van der Waals surface area contributed by atoms with Crippen LogP contribution in [0.5, 0.6) is 17.2 Å². The predicted molar refractivity (Wildman–Crippen MR) is 128 cm³/mol. The lowest BCUT2D eigenvalue weighted by Crippen LogP contribution is -2.32. The van der Waals surface area contributed by atoms with Crippen molar-refractivity contribution in [1.29, 1.82) is 0 Å². The van der Waals surface area contributed by atoms with E-state index in [1.165, 1.54) is 6.21 Å². The lowest BCUT2D eigenvalue weighted by atomic mass is 10.1. The van der Waals surface area contributed by atoms with E-state index < -0.39 is 11.8 Å². The minimum atomic E-state index is -0.580. The van der Waals surface area contributed by atoms with Crippen LogP contribution in [0.15, 0.2) is 83.6 Å². The molecule has 0 unspecified atom stereocenters. The number of hydrogen-bond donors (Lipinski definition) is 2. The zero-order chi connectivity index (χ0) is 23.8. The number of benzene rings is 3. The minimum Gasteiger partial charge on any atom is -0.494 e. The van der Waals surface area contributed by atoms with E-state index in [1.807, 2.05) is 37.3 Å². The van der Waals surface area contributed by atoms with Gasteiger partial charge in [0.05, 0.1) is 12.8 Å². The normalized spacial score (nSPS) is 12.4. The fourth-order valence-corrected chi connectivity index (χ4v) is 3.15. The highest BCUT2D eigenvalue weighted by Gasteiger charge is 2.16. The first-order valence-corrected chi connectivity index (χ1v) is 10.7. The van der Waals surface area contributed by atoms with Gasteiger partial charge in [-0.1, -0.05) is 24.3 Å². The van der Waals surface area contributed by atoms with Crippen molar-refractivity contribution in [2.45, 2.75) is 6.92 Å². The summed E-state index contributed by atoms with van der Waals surface area (Å²) in [6.45, 7) is 2.63. The third-order valence-electron chi connectivity index (χ3n) is 4.81. The molecular formula is C26H23N3O5. The molecule has 0 saturated carbocycles. The highest BCUT2D eigenvalue weighted by molar-refractivity contribution is 6.05. The fraction of sp³-hybridized carbons (Fsp3) is 0.115. The third kappa shape index (κ3) is 5.80. The van der Waals surface area contributed by atoms with Gasteiger partial charge in [0.15, 0.2) is 11.5 Å². The minimum absolute atomic E-state index is 0.0246. The van der Waals surface area contributed by atoms with Crippen molar-refractivity contribution in [2.24, 2.45) is 5.10 Å². The molecule has 172 valence electrons. The van der Waals surface area contributed by atoms with Crippen LogP contribution in [0.25, 0.3) is 6.08 Å². The quantitative estimate of drug-likeness (QED) is 0.305. The monoisotopic (exact) mass is 457 g/mol. The van der Waals surface area contributed by atoms with E-state index in [1.54, 1.807) is 48.5 Å². The van der Waals surface area contributed by atoms with E-state index in [4.69, 9.17) is 14.2 Å². The summed E-state index contributed by atoms with van der Waals surface area (Å²) in [6, 6.07) is 21.1. The molecule has 0 spiro atoms. The second-order valence-corrected chi connectivity index (χ2v) is 7.19. The number of hydrogen-bond acceptors (Lipinski definition) is 6. The van der Waals surface area contributed by atoms with Crippen LogP contribution in [0, 0.1) is 0 Å². The molecule has 0 aliphatic carbocycles. The van der Waals surface area contributed by atoms with Gasteiger partial charge in [0.25, 0.3) is 11.8 Å². The van der Waals surface area contributed by atoms with Gasteiger partial charge in [-0.05, 0) is 72.7 Å². The van der Waals surface area contributed by atoms with Crippen molar-refractivity contribution in [2.75, 3.05) is 13.4 Å². The van der Waals surface area contributed by atoms with Crippen LogP contribution in [0.4, 0.5) is 0 Å². The smallest absolute Gasteiger partial charge is 0.287 e. The Kier molecular flexibility index (Phi) is 7.19. The van der Waals surface area contributed by atoms with Gasteiger partial charge in [-0.3, -0.25) is 9.59 Å². The summed E-state index contributed by atoms with van der Waals surface area (Å²) in [5.74, 6) is 0.941. The maximum atomic E-state index is 12.9. The van der Waals surface area contributed by atoms with E-state index in [0.717, 1.165) is 11.3 Å². The van der Waals surface area contributed by atoms with Gasteiger partial charge in [0.1, 0.15) is 11.4 Å². The molecule has 0 fully saturated rings. The maximum absolute atomic E-state index is 12.9. The van der Waals surface area contributed by atoms with Crippen molar-refractivity contribution in [3.05, 3.63) is 95.2 Å². The van der Waals surface area contributed by atoms with Crippen LogP contribution in [0.2, 0.25) is 0 Å². The SMILES string of the molecule is CCOc1ccc(/C=N\NC(=O)/C(=C\c2ccc3c(c2)OCO3)NC(=O)c2ccccc2)cc1. The first-order chi connectivity index (χ1) is 16.6. The zero-order valence-electron chi connectivity index (χ0n) is 18.5. The number of ether oxygens (including phenoxy) is 3. The second kappa shape index (κ2) is 10.8. The average molecular weight is 457 g/mol. The summed E-state index contributed by atoms with van der Waals surface area (Å²) in [5.41, 5.74) is 4.33. The Morgan fingerprint density at radius 2 is 1.71 bits per heavy atom. The molecule has 0 saturated heterocycles. The van der Waals surface area contributed by atoms with Crippen LogP contribution in [0.1, 0.15) is 28.4 Å². The molecule has 0 bridgehead atoms. The van der Waals surface area contributed by atoms with Crippen molar-refractivity contribution in [3.63, 3.8) is 0 Å².